The first kappa shape index (κ1) is 23.3. The van der Waals surface area contributed by atoms with Crippen LogP contribution in [0, 0.1) is 6.92 Å². The second-order valence-electron chi connectivity index (χ2n) is 8.22. The molecular formula is C23H36N4O4. The Hall–Kier alpha value is -2.32. The van der Waals surface area contributed by atoms with Gasteiger partial charge in [0.05, 0.1) is 12.2 Å². The van der Waals surface area contributed by atoms with Gasteiger partial charge >= 0.3 is 12.1 Å². The van der Waals surface area contributed by atoms with Crippen molar-refractivity contribution in [3.63, 3.8) is 0 Å². The number of hydrogen-bond donors (Lipinski definition) is 2. The van der Waals surface area contributed by atoms with Crippen LogP contribution in [0.4, 0.5) is 21.0 Å². The smallest absolute Gasteiger partial charge is 0.321 e. The zero-order valence-electron chi connectivity index (χ0n) is 19.0. The van der Waals surface area contributed by atoms with Crippen molar-refractivity contribution in [3.05, 3.63) is 23.8 Å². The Morgan fingerprint density at radius 1 is 0.935 bits per heavy atom. The van der Waals surface area contributed by atoms with E-state index in [1.807, 2.05) is 39.0 Å². The highest BCUT2D eigenvalue weighted by atomic mass is 16.5. The summed E-state index contributed by atoms with van der Waals surface area (Å²) in [4.78, 5) is 29.1. The van der Waals surface area contributed by atoms with Gasteiger partial charge in [0, 0.05) is 50.8 Å². The molecule has 0 radical (unpaired) electrons. The molecule has 2 unspecified atom stereocenters. The van der Waals surface area contributed by atoms with Gasteiger partial charge in [-0.3, -0.25) is 0 Å². The van der Waals surface area contributed by atoms with E-state index in [1.165, 1.54) is 0 Å². The Morgan fingerprint density at radius 3 is 2.03 bits per heavy atom. The van der Waals surface area contributed by atoms with Crippen LogP contribution in [-0.2, 0) is 9.47 Å². The second kappa shape index (κ2) is 11.3. The summed E-state index contributed by atoms with van der Waals surface area (Å²) >= 11 is 0. The number of hydrogen-bond acceptors (Lipinski definition) is 4. The number of benzene rings is 1. The number of ether oxygens (including phenoxy) is 2. The van der Waals surface area contributed by atoms with Crippen molar-refractivity contribution in [2.75, 3.05) is 50.0 Å². The minimum atomic E-state index is -0.138. The van der Waals surface area contributed by atoms with Crippen LogP contribution in [0.5, 0.6) is 0 Å². The maximum Gasteiger partial charge on any atom is 0.321 e. The number of nitrogens with one attached hydrogen (secondary N) is 2. The number of piperidine rings is 2. The number of nitrogens with zero attached hydrogens (tertiary/aromatic N) is 2. The summed E-state index contributed by atoms with van der Waals surface area (Å²) in [6, 6.07) is 5.31. The Balaban J connectivity index is 1.59. The van der Waals surface area contributed by atoms with Gasteiger partial charge < -0.3 is 29.9 Å². The third kappa shape index (κ3) is 6.58. The minimum absolute atomic E-state index is 0.0984. The van der Waals surface area contributed by atoms with Gasteiger partial charge in [-0.1, -0.05) is 6.07 Å². The summed E-state index contributed by atoms with van der Waals surface area (Å²) in [6.45, 7) is 9.85. The normalized spacial score (nSPS) is 21.6. The molecule has 0 bridgehead atoms. The van der Waals surface area contributed by atoms with Gasteiger partial charge in [0.1, 0.15) is 0 Å². The Morgan fingerprint density at radius 2 is 1.48 bits per heavy atom. The number of anilines is 2. The molecule has 31 heavy (non-hydrogen) atoms. The van der Waals surface area contributed by atoms with Crippen LogP contribution in [0.25, 0.3) is 0 Å². The van der Waals surface area contributed by atoms with Crippen LogP contribution >= 0.6 is 0 Å². The molecule has 2 atom stereocenters. The van der Waals surface area contributed by atoms with Crippen molar-refractivity contribution in [2.45, 2.75) is 58.7 Å². The lowest BCUT2D eigenvalue weighted by Gasteiger charge is -2.33. The summed E-state index contributed by atoms with van der Waals surface area (Å²) in [6.07, 6.45) is 4.04. The fraction of sp³-hybridized carbons (Fsp3) is 0.652. The van der Waals surface area contributed by atoms with Crippen LogP contribution in [0.15, 0.2) is 18.2 Å². The van der Waals surface area contributed by atoms with E-state index < -0.39 is 0 Å². The van der Waals surface area contributed by atoms with Gasteiger partial charge in [-0.25, -0.2) is 9.59 Å². The molecule has 2 aliphatic heterocycles. The molecule has 0 saturated carbocycles. The molecule has 2 saturated heterocycles. The van der Waals surface area contributed by atoms with Crippen molar-refractivity contribution < 1.29 is 19.1 Å². The van der Waals surface area contributed by atoms with Crippen molar-refractivity contribution in [1.82, 2.24) is 9.80 Å². The molecule has 2 aliphatic rings. The summed E-state index contributed by atoms with van der Waals surface area (Å²) in [5.41, 5.74) is 2.31. The lowest BCUT2D eigenvalue weighted by Crippen LogP contribution is -2.45. The van der Waals surface area contributed by atoms with E-state index in [0.29, 0.717) is 37.7 Å². The average Bonchev–Trinajstić information content (AvgIpc) is 2.77. The second-order valence-corrected chi connectivity index (χ2v) is 8.22. The zero-order valence-corrected chi connectivity index (χ0v) is 19.0. The fourth-order valence-corrected chi connectivity index (χ4v) is 4.22. The fourth-order valence-electron chi connectivity index (χ4n) is 4.22. The van der Waals surface area contributed by atoms with E-state index >= 15 is 0 Å². The zero-order chi connectivity index (χ0) is 22.2. The minimum Gasteiger partial charge on any atom is -0.377 e. The maximum absolute atomic E-state index is 12.8. The predicted molar refractivity (Wildman–Crippen MR) is 122 cm³/mol. The monoisotopic (exact) mass is 432 g/mol. The SMILES string of the molecule is CCOC1CCCN(C(=O)Nc2ccc(C)c(NC(=O)N3CCCC(OCC)C3)c2)C1. The van der Waals surface area contributed by atoms with Gasteiger partial charge in [-0.2, -0.15) is 0 Å². The standard InChI is InChI=1S/C23H36N4O4/c1-4-30-19-8-6-12-26(15-19)22(28)24-18-11-10-17(3)21(14-18)25-23(29)27-13-7-9-20(16-27)31-5-2/h10-11,14,19-20H,4-9,12-13,15-16H2,1-3H3,(H,24,28)(H,25,29). The van der Waals surface area contributed by atoms with Crippen molar-refractivity contribution in [1.29, 1.82) is 0 Å². The molecule has 0 aromatic heterocycles. The molecule has 2 fully saturated rings. The first-order chi connectivity index (χ1) is 15.0. The summed E-state index contributed by atoms with van der Waals surface area (Å²) in [7, 11) is 0. The lowest BCUT2D eigenvalue weighted by molar-refractivity contribution is 0.0181. The van der Waals surface area contributed by atoms with Crippen molar-refractivity contribution in [2.24, 2.45) is 0 Å². The summed E-state index contributed by atoms with van der Waals surface area (Å²) in [5.74, 6) is 0. The number of urea groups is 2. The predicted octanol–water partition coefficient (Wildman–Crippen LogP) is 4.06. The number of amides is 4. The quantitative estimate of drug-likeness (QED) is 0.710. The van der Waals surface area contributed by atoms with E-state index in [0.717, 1.165) is 44.3 Å². The highest BCUT2D eigenvalue weighted by molar-refractivity contribution is 5.93. The van der Waals surface area contributed by atoms with Crippen LogP contribution < -0.4 is 10.6 Å². The number of aryl methyl sites for hydroxylation is 1. The van der Waals surface area contributed by atoms with E-state index in [4.69, 9.17) is 9.47 Å². The highest BCUT2D eigenvalue weighted by Crippen LogP contribution is 2.23. The van der Waals surface area contributed by atoms with E-state index in [-0.39, 0.29) is 24.3 Å². The molecule has 0 spiro atoms. The molecule has 4 amide bonds. The van der Waals surface area contributed by atoms with Gasteiger partial charge in [0.15, 0.2) is 0 Å². The number of carbonyl (C=O) groups excluding carboxylic acids is 2. The van der Waals surface area contributed by atoms with E-state index in [1.54, 1.807) is 9.80 Å². The van der Waals surface area contributed by atoms with Crippen molar-refractivity contribution in [3.8, 4) is 0 Å². The Bertz CT molecular complexity index is 753. The third-order valence-electron chi connectivity index (χ3n) is 5.87. The number of carbonyl (C=O) groups is 2. The van der Waals surface area contributed by atoms with Crippen LogP contribution in [0.1, 0.15) is 45.1 Å². The largest absolute Gasteiger partial charge is 0.377 e. The molecule has 8 heteroatoms. The maximum atomic E-state index is 12.8. The molecule has 0 aliphatic carbocycles. The molecule has 1 aromatic rings. The van der Waals surface area contributed by atoms with Gasteiger partial charge in [0.2, 0.25) is 0 Å². The lowest BCUT2D eigenvalue weighted by atomic mass is 10.1. The molecule has 1 aromatic carbocycles. The topological polar surface area (TPSA) is 83.1 Å². The van der Waals surface area contributed by atoms with Crippen molar-refractivity contribution >= 4 is 23.4 Å². The molecule has 172 valence electrons. The molecule has 2 heterocycles. The van der Waals surface area contributed by atoms with Gasteiger partial charge in [-0.05, 0) is 64.2 Å². The molecule has 8 nitrogen and oxygen atoms in total. The van der Waals surface area contributed by atoms with E-state index in [2.05, 4.69) is 10.6 Å². The van der Waals surface area contributed by atoms with Crippen LogP contribution in [-0.4, -0.2) is 73.5 Å². The molecule has 3 rings (SSSR count). The number of rotatable bonds is 6. The molecular weight excluding hydrogens is 396 g/mol. The van der Waals surface area contributed by atoms with Crippen LogP contribution in [0.2, 0.25) is 0 Å². The number of likely N-dealkylation sites (tertiary alicyclic amines) is 2. The highest BCUT2D eigenvalue weighted by Gasteiger charge is 2.25. The summed E-state index contributed by atoms with van der Waals surface area (Å²) < 4.78 is 11.4. The third-order valence-corrected chi connectivity index (χ3v) is 5.87. The molecule has 2 N–H and O–H groups in total. The van der Waals surface area contributed by atoms with Gasteiger partial charge in [0.25, 0.3) is 0 Å². The summed E-state index contributed by atoms with van der Waals surface area (Å²) in [5, 5.41) is 5.97. The average molecular weight is 433 g/mol. The van der Waals surface area contributed by atoms with E-state index in [9.17, 15) is 9.59 Å². The first-order valence-corrected chi connectivity index (χ1v) is 11.5. The Kier molecular flexibility index (Phi) is 8.54. The first-order valence-electron chi connectivity index (χ1n) is 11.5. The van der Waals surface area contributed by atoms with Gasteiger partial charge in [-0.15, -0.1) is 0 Å². The van der Waals surface area contributed by atoms with Crippen LogP contribution in [0.3, 0.4) is 0 Å². The Labute approximate surface area is 185 Å².